The number of thioether (sulfide) groups is 1. The van der Waals surface area contributed by atoms with E-state index in [-0.39, 0.29) is 5.56 Å². The number of nitrogens with one attached hydrogen (secondary N) is 2. The predicted molar refractivity (Wildman–Crippen MR) is 99.4 cm³/mol. The third kappa shape index (κ3) is 2.66. The van der Waals surface area contributed by atoms with Gasteiger partial charge in [0, 0.05) is 11.4 Å². The van der Waals surface area contributed by atoms with Crippen LogP contribution in [0.3, 0.4) is 0 Å². The van der Waals surface area contributed by atoms with Gasteiger partial charge in [0.05, 0.1) is 11.1 Å². The molecule has 2 N–H and O–H groups in total. The van der Waals surface area contributed by atoms with Gasteiger partial charge in [0.2, 0.25) is 0 Å². The molecule has 1 aliphatic rings. The van der Waals surface area contributed by atoms with Crippen LogP contribution in [-0.2, 0) is 25.1 Å². The van der Waals surface area contributed by atoms with Gasteiger partial charge in [-0.2, -0.15) is 5.10 Å². The standard InChI is InChI=1S/C15H15N5OS3/c1-2-6-20-10(18-19-15(20)22)7-23-14-16-12(21)11-8-4-3-5-9(8)24-13(11)17-14/h2H,1,3-7H2,(H,19,22)(H,16,17,21). The second-order valence-corrected chi connectivity index (χ2v) is 7.98. The van der Waals surface area contributed by atoms with Crippen LogP contribution >= 0.6 is 35.3 Å². The van der Waals surface area contributed by atoms with Gasteiger partial charge < -0.3 is 4.98 Å². The Morgan fingerprint density at radius 3 is 3.17 bits per heavy atom. The van der Waals surface area contributed by atoms with E-state index in [1.807, 2.05) is 4.57 Å². The van der Waals surface area contributed by atoms with Crippen LogP contribution in [0, 0.1) is 4.77 Å². The molecule has 3 aromatic heterocycles. The molecule has 0 bridgehead atoms. The van der Waals surface area contributed by atoms with Gasteiger partial charge in [0.15, 0.2) is 9.93 Å². The lowest BCUT2D eigenvalue weighted by Gasteiger charge is -2.03. The molecule has 0 amide bonds. The van der Waals surface area contributed by atoms with E-state index in [2.05, 4.69) is 26.7 Å². The molecule has 3 heterocycles. The van der Waals surface area contributed by atoms with E-state index < -0.39 is 0 Å². The number of aromatic amines is 2. The fraction of sp³-hybridized carbons (Fsp3) is 0.333. The monoisotopic (exact) mass is 377 g/mol. The van der Waals surface area contributed by atoms with E-state index in [9.17, 15) is 4.79 Å². The maximum atomic E-state index is 12.4. The fourth-order valence-electron chi connectivity index (χ4n) is 2.96. The predicted octanol–water partition coefficient (Wildman–Crippen LogP) is 3.21. The van der Waals surface area contributed by atoms with Gasteiger partial charge in [-0.1, -0.05) is 17.8 Å². The van der Waals surface area contributed by atoms with Crippen molar-refractivity contribution in [2.75, 3.05) is 0 Å². The number of allylic oxidation sites excluding steroid dienone is 1. The van der Waals surface area contributed by atoms with Crippen molar-refractivity contribution in [3.05, 3.63) is 44.0 Å². The molecule has 0 atom stereocenters. The summed E-state index contributed by atoms with van der Waals surface area (Å²) in [6, 6.07) is 0. The zero-order chi connectivity index (χ0) is 16.7. The Kier molecular flexibility index (Phi) is 4.15. The molecule has 0 unspecified atom stereocenters. The summed E-state index contributed by atoms with van der Waals surface area (Å²) in [5.74, 6) is 1.38. The second kappa shape index (κ2) is 6.30. The van der Waals surface area contributed by atoms with Gasteiger partial charge >= 0.3 is 0 Å². The maximum absolute atomic E-state index is 12.4. The van der Waals surface area contributed by atoms with Crippen LogP contribution in [0.1, 0.15) is 22.7 Å². The summed E-state index contributed by atoms with van der Waals surface area (Å²) in [7, 11) is 0. The number of aromatic nitrogens is 5. The van der Waals surface area contributed by atoms with Gasteiger partial charge in [-0.3, -0.25) is 14.5 Å². The number of rotatable bonds is 5. The smallest absolute Gasteiger partial charge is 0.260 e. The number of thiophene rings is 1. The molecule has 0 fully saturated rings. The summed E-state index contributed by atoms with van der Waals surface area (Å²) in [4.78, 5) is 22.1. The Balaban J connectivity index is 1.63. The Labute approximate surface area is 151 Å². The quantitative estimate of drug-likeness (QED) is 0.309. The molecule has 0 saturated carbocycles. The highest BCUT2D eigenvalue weighted by Crippen LogP contribution is 2.35. The average molecular weight is 378 g/mol. The normalized spacial score (nSPS) is 13.5. The molecule has 4 rings (SSSR count). The highest BCUT2D eigenvalue weighted by molar-refractivity contribution is 7.98. The molecule has 3 aromatic rings. The number of aryl methyl sites for hydroxylation is 2. The molecule has 0 spiro atoms. The third-order valence-electron chi connectivity index (χ3n) is 4.04. The fourth-order valence-corrected chi connectivity index (χ4v) is 5.31. The van der Waals surface area contributed by atoms with E-state index in [1.54, 1.807) is 17.4 Å². The zero-order valence-electron chi connectivity index (χ0n) is 12.8. The molecule has 9 heteroatoms. The molecule has 124 valence electrons. The first-order chi connectivity index (χ1) is 11.7. The summed E-state index contributed by atoms with van der Waals surface area (Å²) in [6.07, 6.45) is 4.97. The number of nitrogens with zero attached hydrogens (tertiary/aromatic N) is 3. The number of hydrogen-bond donors (Lipinski definition) is 2. The maximum Gasteiger partial charge on any atom is 0.260 e. The minimum atomic E-state index is -0.0353. The highest BCUT2D eigenvalue weighted by Gasteiger charge is 2.21. The van der Waals surface area contributed by atoms with Crippen molar-refractivity contribution >= 4 is 45.5 Å². The molecule has 0 aliphatic heterocycles. The molecule has 0 radical (unpaired) electrons. The first-order valence-electron chi connectivity index (χ1n) is 7.59. The molecule has 0 saturated heterocycles. The van der Waals surface area contributed by atoms with Gasteiger partial charge in [-0.05, 0) is 37.0 Å². The van der Waals surface area contributed by atoms with Gasteiger partial charge in [-0.25, -0.2) is 4.98 Å². The molecule has 1 aliphatic carbocycles. The second-order valence-electron chi connectivity index (χ2n) is 5.54. The summed E-state index contributed by atoms with van der Waals surface area (Å²) >= 11 is 8.31. The Bertz CT molecular complexity index is 1040. The Morgan fingerprint density at radius 1 is 1.46 bits per heavy atom. The highest BCUT2D eigenvalue weighted by atomic mass is 32.2. The first-order valence-corrected chi connectivity index (χ1v) is 9.80. The Morgan fingerprint density at radius 2 is 2.33 bits per heavy atom. The van der Waals surface area contributed by atoms with Crippen molar-refractivity contribution in [1.82, 2.24) is 24.7 Å². The first kappa shape index (κ1) is 15.8. The van der Waals surface area contributed by atoms with Crippen LogP contribution in [0.25, 0.3) is 10.2 Å². The van der Waals surface area contributed by atoms with Gasteiger partial charge in [0.1, 0.15) is 10.7 Å². The van der Waals surface area contributed by atoms with Crippen LogP contribution in [0.4, 0.5) is 0 Å². The third-order valence-corrected chi connectivity index (χ3v) is 6.41. The number of fused-ring (bicyclic) bond motifs is 3. The van der Waals surface area contributed by atoms with Crippen LogP contribution in [0.15, 0.2) is 22.6 Å². The molecular weight excluding hydrogens is 362 g/mol. The summed E-state index contributed by atoms with van der Waals surface area (Å²) in [5.41, 5.74) is 1.17. The number of hydrogen-bond acceptors (Lipinski definition) is 6. The van der Waals surface area contributed by atoms with Crippen LogP contribution in [-0.4, -0.2) is 24.7 Å². The van der Waals surface area contributed by atoms with Crippen molar-refractivity contribution in [2.45, 2.75) is 36.7 Å². The summed E-state index contributed by atoms with van der Waals surface area (Å²) in [6.45, 7) is 4.33. The minimum absolute atomic E-state index is 0.0353. The summed E-state index contributed by atoms with van der Waals surface area (Å²) in [5, 5.41) is 8.43. The van der Waals surface area contributed by atoms with Crippen molar-refractivity contribution in [3.63, 3.8) is 0 Å². The van der Waals surface area contributed by atoms with Crippen molar-refractivity contribution in [2.24, 2.45) is 0 Å². The van der Waals surface area contributed by atoms with Gasteiger partial charge in [0.25, 0.3) is 5.56 Å². The minimum Gasteiger partial charge on any atom is -0.301 e. The van der Waals surface area contributed by atoms with E-state index in [0.717, 1.165) is 35.3 Å². The van der Waals surface area contributed by atoms with Crippen molar-refractivity contribution in [1.29, 1.82) is 0 Å². The Hall–Kier alpha value is -1.71. The lowest BCUT2D eigenvalue weighted by molar-refractivity contribution is 0.765. The topological polar surface area (TPSA) is 79.4 Å². The zero-order valence-corrected chi connectivity index (χ0v) is 15.2. The molecule has 24 heavy (non-hydrogen) atoms. The summed E-state index contributed by atoms with van der Waals surface area (Å²) < 4.78 is 2.45. The van der Waals surface area contributed by atoms with E-state index >= 15 is 0 Å². The number of H-pyrrole nitrogens is 2. The largest absolute Gasteiger partial charge is 0.301 e. The lowest BCUT2D eigenvalue weighted by atomic mass is 10.2. The van der Waals surface area contributed by atoms with E-state index in [4.69, 9.17) is 12.2 Å². The molecule has 0 aromatic carbocycles. The lowest BCUT2D eigenvalue weighted by Crippen LogP contribution is -2.09. The average Bonchev–Trinajstić information content (AvgIpc) is 3.21. The van der Waals surface area contributed by atoms with E-state index in [1.165, 1.54) is 22.2 Å². The van der Waals surface area contributed by atoms with Crippen LogP contribution < -0.4 is 5.56 Å². The molecular formula is C15H15N5OS3. The van der Waals surface area contributed by atoms with Gasteiger partial charge in [-0.15, -0.1) is 17.9 Å². The molecule has 6 nitrogen and oxygen atoms in total. The van der Waals surface area contributed by atoms with Crippen LogP contribution in [0.2, 0.25) is 0 Å². The van der Waals surface area contributed by atoms with Crippen LogP contribution in [0.5, 0.6) is 0 Å². The SMILES string of the molecule is C=CCn1c(CSc2nc3sc4c(c3c(=O)[nH]2)CCC4)n[nH]c1=S. The van der Waals surface area contributed by atoms with E-state index in [0.29, 0.717) is 22.2 Å². The van der Waals surface area contributed by atoms with Crippen molar-refractivity contribution < 1.29 is 0 Å². The van der Waals surface area contributed by atoms with Crippen molar-refractivity contribution in [3.8, 4) is 0 Å².